The second-order valence-corrected chi connectivity index (χ2v) is 8.99. The van der Waals surface area contributed by atoms with Crippen LogP contribution in [0, 0.1) is 0 Å². The molecule has 0 aromatic heterocycles. The van der Waals surface area contributed by atoms with Crippen LogP contribution in [0.25, 0.3) is 4.91 Å². The summed E-state index contributed by atoms with van der Waals surface area (Å²) in [5, 5.41) is 0. The Morgan fingerprint density at radius 3 is 2.23 bits per heavy atom. The SMILES string of the molecule is CCCN1CCN(C2=NS(=O)(=O)C(c3ccc(C(C)C)cc3)=C2C)CC1. The summed E-state index contributed by atoms with van der Waals surface area (Å²) in [7, 11) is -3.63. The summed E-state index contributed by atoms with van der Waals surface area (Å²) in [6.07, 6.45) is 1.14. The Balaban J connectivity index is 1.86. The first-order chi connectivity index (χ1) is 12.3. The van der Waals surface area contributed by atoms with Crippen molar-refractivity contribution >= 4 is 20.8 Å². The van der Waals surface area contributed by atoms with Crippen molar-refractivity contribution < 1.29 is 8.42 Å². The van der Waals surface area contributed by atoms with Gasteiger partial charge in [-0.2, -0.15) is 8.42 Å². The van der Waals surface area contributed by atoms with Gasteiger partial charge in [0.2, 0.25) is 0 Å². The standard InChI is InChI=1S/C20H29N3O2S/c1-5-10-22-11-13-23(14-12-22)20-16(4)19(26(24,25)21-20)18-8-6-17(7-9-18)15(2)3/h6-9,15H,5,10-14H2,1-4H3. The number of sulfonamides is 1. The summed E-state index contributed by atoms with van der Waals surface area (Å²) >= 11 is 0. The molecule has 0 bridgehead atoms. The first-order valence-electron chi connectivity index (χ1n) is 9.47. The molecule has 2 aliphatic rings. The van der Waals surface area contributed by atoms with Crippen molar-refractivity contribution in [3.05, 3.63) is 41.0 Å². The Bertz CT molecular complexity index is 815. The number of hydrogen-bond acceptors (Lipinski definition) is 4. The Hall–Kier alpha value is -1.66. The van der Waals surface area contributed by atoms with E-state index < -0.39 is 10.0 Å². The summed E-state index contributed by atoms with van der Waals surface area (Å²) in [4.78, 5) is 4.90. The topological polar surface area (TPSA) is 53.0 Å². The third kappa shape index (κ3) is 3.71. The van der Waals surface area contributed by atoms with Crippen LogP contribution in [0.15, 0.2) is 34.2 Å². The smallest absolute Gasteiger partial charge is 0.285 e. The van der Waals surface area contributed by atoms with Crippen molar-refractivity contribution in [1.29, 1.82) is 0 Å². The molecule has 2 aliphatic heterocycles. The van der Waals surface area contributed by atoms with Gasteiger partial charge in [-0.05, 0) is 36.9 Å². The first kappa shape index (κ1) is 19.1. The van der Waals surface area contributed by atoms with Crippen molar-refractivity contribution in [2.75, 3.05) is 32.7 Å². The zero-order valence-electron chi connectivity index (χ0n) is 16.2. The van der Waals surface area contributed by atoms with E-state index in [1.165, 1.54) is 5.56 Å². The highest BCUT2D eigenvalue weighted by molar-refractivity contribution is 8.00. The molecule has 0 aliphatic carbocycles. The third-order valence-electron chi connectivity index (χ3n) is 5.19. The Kier molecular flexibility index (Phi) is 5.53. The molecule has 0 atom stereocenters. The molecule has 0 N–H and O–H groups in total. The summed E-state index contributed by atoms with van der Waals surface area (Å²) in [6, 6.07) is 7.83. The second kappa shape index (κ2) is 7.53. The molecule has 0 saturated carbocycles. The zero-order chi connectivity index (χ0) is 18.9. The summed E-state index contributed by atoms with van der Waals surface area (Å²) in [6.45, 7) is 13.0. The normalized spacial score (nSPS) is 20.8. The Morgan fingerprint density at radius 2 is 1.69 bits per heavy atom. The van der Waals surface area contributed by atoms with E-state index in [1.807, 2.05) is 31.2 Å². The molecule has 0 amide bonds. The molecular formula is C20H29N3O2S. The average Bonchev–Trinajstić information content (AvgIpc) is 2.85. The van der Waals surface area contributed by atoms with E-state index in [0.717, 1.165) is 50.3 Å². The van der Waals surface area contributed by atoms with E-state index in [-0.39, 0.29) is 0 Å². The van der Waals surface area contributed by atoms with Crippen molar-refractivity contribution in [1.82, 2.24) is 9.80 Å². The van der Waals surface area contributed by atoms with Gasteiger partial charge in [0, 0.05) is 31.8 Å². The molecule has 6 heteroatoms. The molecule has 1 aromatic carbocycles. The predicted octanol–water partition coefficient (Wildman–Crippen LogP) is 3.31. The maximum absolute atomic E-state index is 12.7. The highest BCUT2D eigenvalue weighted by Gasteiger charge is 2.34. The lowest BCUT2D eigenvalue weighted by atomic mass is 10.0. The van der Waals surface area contributed by atoms with E-state index >= 15 is 0 Å². The van der Waals surface area contributed by atoms with Crippen LogP contribution in [0.3, 0.4) is 0 Å². The quantitative estimate of drug-likeness (QED) is 0.810. The fourth-order valence-electron chi connectivity index (χ4n) is 3.70. The van der Waals surface area contributed by atoms with Gasteiger partial charge in [0.1, 0.15) is 10.7 Å². The fraction of sp³-hybridized carbons (Fsp3) is 0.550. The van der Waals surface area contributed by atoms with Gasteiger partial charge in [0.25, 0.3) is 10.0 Å². The van der Waals surface area contributed by atoms with Crippen LogP contribution in [0.4, 0.5) is 0 Å². The second-order valence-electron chi connectivity index (χ2n) is 7.45. The van der Waals surface area contributed by atoms with Gasteiger partial charge in [0.15, 0.2) is 0 Å². The average molecular weight is 376 g/mol. The maximum Gasteiger partial charge on any atom is 0.285 e. The highest BCUT2D eigenvalue weighted by Crippen LogP contribution is 2.34. The monoisotopic (exact) mass is 375 g/mol. The Morgan fingerprint density at radius 1 is 1.08 bits per heavy atom. The molecule has 5 nitrogen and oxygen atoms in total. The molecule has 2 heterocycles. The van der Waals surface area contributed by atoms with Gasteiger partial charge in [-0.1, -0.05) is 45.0 Å². The van der Waals surface area contributed by atoms with Crippen molar-refractivity contribution in [3.8, 4) is 0 Å². The van der Waals surface area contributed by atoms with Gasteiger partial charge in [-0.25, -0.2) is 0 Å². The van der Waals surface area contributed by atoms with Gasteiger partial charge in [0.05, 0.1) is 0 Å². The number of hydrogen-bond donors (Lipinski definition) is 0. The maximum atomic E-state index is 12.7. The molecule has 26 heavy (non-hydrogen) atoms. The summed E-state index contributed by atoms with van der Waals surface area (Å²) in [5.74, 6) is 1.05. The van der Waals surface area contributed by atoms with Crippen LogP contribution in [-0.2, 0) is 10.0 Å². The number of nitrogens with zero attached hydrogens (tertiary/aromatic N) is 3. The largest absolute Gasteiger partial charge is 0.353 e. The minimum atomic E-state index is -3.63. The van der Waals surface area contributed by atoms with E-state index in [4.69, 9.17) is 0 Å². The van der Waals surface area contributed by atoms with Crippen LogP contribution < -0.4 is 0 Å². The van der Waals surface area contributed by atoms with Crippen molar-refractivity contribution in [2.24, 2.45) is 4.40 Å². The van der Waals surface area contributed by atoms with Crippen LogP contribution >= 0.6 is 0 Å². The molecule has 0 spiro atoms. The number of benzene rings is 1. The molecular weight excluding hydrogens is 346 g/mol. The van der Waals surface area contributed by atoms with Crippen molar-refractivity contribution in [2.45, 2.75) is 40.0 Å². The fourth-order valence-corrected chi connectivity index (χ4v) is 5.19. The molecule has 3 rings (SSSR count). The lowest BCUT2D eigenvalue weighted by Gasteiger charge is -2.35. The lowest BCUT2D eigenvalue weighted by molar-refractivity contribution is 0.183. The zero-order valence-corrected chi connectivity index (χ0v) is 17.0. The van der Waals surface area contributed by atoms with Gasteiger partial charge in [-0.15, -0.1) is 4.40 Å². The minimum absolute atomic E-state index is 0.360. The van der Waals surface area contributed by atoms with E-state index in [9.17, 15) is 8.42 Å². The van der Waals surface area contributed by atoms with Gasteiger partial charge in [-0.3, -0.25) is 4.90 Å². The summed E-state index contributed by atoms with van der Waals surface area (Å²) in [5.41, 5.74) is 2.71. The minimum Gasteiger partial charge on any atom is -0.353 e. The van der Waals surface area contributed by atoms with Crippen LogP contribution in [0.5, 0.6) is 0 Å². The van der Waals surface area contributed by atoms with Crippen LogP contribution in [0.2, 0.25) is 0 Å². The molecule has 1 aromatic rings. The predicted molar refractivity (Wildman–Crippen MR) is 108 cm³/mol. The highest BCUT2D eigenvalue weighted by atomic mass is 32.2. The summed E-state index contributed by atoms with van der Waals surface area (Å²) < 4.78 is 29.6. The molecule has 142 valence electrons. The van der Waals surface area contributed by atoms with Crippen molar-refractivity contribution in [3.63, 3.8) is 0 Å². The van der Waals surface area contributed by atoms with Crippen LogP contribution in [-0.4, -0.2) is 56.8 Å². The number of rotatable bonds is 4. The van der Waals surface area contributed by atoms with E-state index in [2.05, 4.69) is 35.0 Å². The number of amidine groups is 1. The Labute approximate surface area is 157 Å². The lowest BCUT2D eigenvalue weighted by Crippen LogP contribution is -2.48. The van der Waals surface area contributed by atoms with Gasteiger partial charge < -0.3 is 4.90 Å². The molecule has 0 unspecified atom stereocenters. The molecule has 1 fully saturated rings. The van der Waals surface area contributed by atoms with E-state index in [1.54, 1.807) is 0 Å². The third-order valence-corrected chi connectivity index (χ3v) is 6.66. The van der Waals surface area contributed by atoms with Crippen LogP contribution in [0.1, 0.15) is 51.2 Å². The molecule has 0 radical (unpaired) electrons. The van der Waals surface area contributed by atoms with E-state index in [0.29, 0.717) is 16.7 Å². The van der Waals surface area contributed by atoms with Gasteiger partial charge >= 0.3 is 0 Å². The molecule has 1 saturated heterocycles. The number of piperazine rings is 1. The first-order valence-corrected chi connectivity index (χ1v) is 10.9.